The van der Waals surface area contributed by atoms with E-state index in [1.54, 1.807) is 12.4 Å². The quantitative estimate of drug-likeness (QED) is 0.237. The van der Waals surface area contributed by atoms with Crippen molar-refractivity contribution in [3.05, 3.63) is 82.9 Å². The van der Waals surface area contributed by atoms with Gasteiger partial charge in [-0.3, -0.25) is 14.8 Å². The fraction of sp³-hybridized carbons (Fsp3) is 0.312. The Morgan fingerprint density at radius 3 is 2.74 bits per heavy atom. The Morgan fingerprint density at radius 2 is 1.93 bits per heavy atom. The zero-order valence-corrected chi connectivity index (χ0v) is 24.6. The van der Waals surface area contributed by atoms with Crippen LogP contribution in [-0.2, 0) is 19.5 Å². The van der Waals surface area contributed by atoms with Gasteiger partial charge in [0.1, 0.15) is 16.2 Å². The largest absolute Gasteiger partial charge is 0.476 e. The first-order chi connectivity index (χ1) is 20.9. The van der Waals surface area contributed by atoms with Crippen molar-refractivity contribution in [3.8, 4) is 11.1 Å². The number of carboxylic acids is 1. The van der Waals surface area contributed by atoms with Gasteiger partial charge in [0.15, 0.2) is 10.8 Å². The smallest absolute Gasteiger partial charge is 0.355 e. The lowest BCUT2D eigenvalue weighted by Crippen LogP contribution is -2.33. The summed E-state index contributed by atoms with van der Waals surface area (Å²) in [5, 5.41) is 18.2. The molecule has 1 amide bonds. The number of anilines is 2. The lowest BCUT2D eigenvalue weighted by Gasteiger charge is -2.31. The van der Waals surface area contributed by atoms with Gasteiger partial charge in [-0.05, 0) is 73.6 Å². The van der Waals surface area contributed by atoms with Gasteiger partial charge in [-0.2, -0.15) is 5.10 Å². The van der Waals surface area contributed by atoms with E-state index >= 15 is 0 Å². The van der Waals surface area contributed by atoms with Crippen LogP contribution in [0.1, 0.15) is 63.4 Å². The van der Waals surface area contributed by atoms with Crippen LogP contribution in [0.4, 0.5) is 10.9 Å². The number of rotatable bonds is 7. The maximum atomic E-state index is 13.4. The lowest BCUT2D eigenvalue weighted by atomic mass is 9.94. The second-order valence-corrected chi connectivity index (χ2v) is 12.2. The Balaban J connectivity index is 1.14. The number of fused-ring (bicyclic) bond motifs is 2. The van der Waals surface area contributed by atoms with E-state index in [-0.39, 0.29) is 11.6 Å². The summed E-state index contributed by atoms with van der Waals surface area (Å²) in [6, 6.07) is 13.1. The van der Waals surface area contributed by atoms with Crippen LogP contribution in [0.2, 0.25) is 0 Å². The number of nitrogens with zero attached hydrogens (tertiary/aromatic N) is 6. The van der Waals surface area contributed by atoms with Gasteiger partial charge in [0.05, 0.1) is 6.20 Å². The van der Waals surface area contributed by atoms with E-state index in [1.165, 1.54) is 37.0 Å². The van der Waals surface area contributed by atoms with E-state index in [0.717, 1.165) is 39.3 Å². The van der Waals surface area contributed by atoms with E-state index in [9.17, 15) is 14.7 Å². The minimum absolute atomic E-state index is 0.00212. The number of carbonyl (C=O) groups is 2. The van der Waals surface area contributed by atoms with Crippen LogP contribution in [-0.4, -0.2) is 48.3 Å². The summed E-state index contributed by atoms with van der Waals surface area (Å²) < 4.78 is 2.00. The number of aromatic nitrogens is 5. The molecule has 0 spiro atoms. The van der Waals surface area contributed by atoms with Crippen molar-refractivity contribution in [2.24, 2.45) is 5.92 Å². The molecule has 10 nitrogen and oxygen atoms in total. The maximum Gasteiger partial charge on any atom is 0.355 e. The molecule has 7 rings (SSSR count). The van der Waals surface area contributed by atoms with Crippen LogP contribution in [0.5, 0.6) is 0 Å². The Hall–Kier alpha value is -4.64. The van der Waals surface area contributed by atoms with Gasteiger partial charge in [0.2, 0.25) is 0 Å². The maximum absolute atomic E-state index is 13.4. The average Bonchev–Trinajstić information content (AvgIpc) is 3.77. The Kier molecular flexibility index (Phi) is 7.10. The van der Waals surface area contributed by atoms with E-state index < -0.39 is 5.97 Å². The number of hydrogen-bond acceptors (Lipinski definition) is 8. The highest BCUT2D eigenvalue weighted by Gasteiger charge is 2.26. The van der Waals surface area contributed by atoms with Crippen molar-refractivity contribution in [2.75, 3.05) is 16.8 Å². The minimum atomic E-state index is -1.08. The predicted molar refractivity (Wildman–Crippen MR) is 166 cm³/mol. The number of pyridine rings is 2. The van der Waals surface area contributed by atoms with Crippen LogP contribution in [0.3, 0.4) is 0 Å². The fourth-order valence-corrected chi connectivity index (χ4v) is 7.12. The second kappa shape index (κ2) is 11.2. The molecule has 1 aliphatic carbocycles. The van der Waals surface area contributed by atoms with Crippen LogP contribution < -0.4 is 10.2 Å². The van der Waals surface area contributed by atoms with E-state index in [4.69, 9.17) is 0 Å². The molecule has 5 aromatic rings. The highest BCUT2D eigenvalue weighted by Crippen LogP contribution is 2.33. The molecule has 0 unspecified atom stereocenters. The number of carbonyl (C=O) groups excluding carboxylic acids is 1. The third kappa shape index (κ3) is 5.25. The number of amides is 1. The van der Waals surface area contributed by atoms with E-state index in [0.29, 0.717) is 47.5 Å². The standard InChI is InChI=1S/C32H31N7O3S/c1-19-24(16-34-39(19)17-20-6-2-3-7-20)22-11-12-27(36-28(22)31(41)42)38-15-13-21-8-4-9-23(25(21)18-38)29(40)37-32-35-26-10-5-14-33-30(26)43-32/h4-5,8-12,14,16,20H,2-3,6-7,13,15,17-18H2,1H3,(H,41,42)(H,35,37,40). The van der Waals surface area contributed by atoms with Gasteiger partial charge in [-0.15, -0.1) is 0 Å². The molecule has 2 N–H and O–H groups in total. The summed E-state index contributed by atoms with van der Waals surface area (Å²) in [6.45, 7) is 3.95. The highest BCUT2D eigenvalue weighted by molar-refractivity contribution is 7.21. The molecule has 218 valence electrons. The van der Waals surface area contributed by atoms with Crippen molar-refractivity contribution in [3.63, 3.8) is 0 Å². The Bertz CT molecular complexity index is 1820. The first-order valence-electron chi connectivity index (χ1n) is 14.6. The molecule has 0 saturated heterocycles. The summed E-state index contributed by atoms with van der Waals surface area (Å²) in [5.74, 6) is -0.131. The summed E-state index contributed by atoms with van der Waals surface area (Å²) in [4.78, 5) is 42.1. The van der Waals surface area contributed by atoms with Crippen LogP contribution in [0.15, 0.2) is 54.9 Å². The number of aromatic carboxylic acids is 1. The SMILES string of the molecule is Cc1c(-c2ccc(N3CCc4cccc(C(=O)Nc5nc6cccnc6s5)c4C3)nc2C(=O)O)cnn1CC1CCCC1. The topological polar surface area (TPSA) is 126 Å². The van der Waals surface area contributed by atoms with Crippen molar-refractivity contribution < 1.29 is 14.7 Å². The molecule has 4 aromatic heterocycles. The highest BCUT2D eigenvalue weighted by atomic mass is 32.1. The molecule has 5 heterocycles. The third-order valence-corrected chi connectivity index (χ3v) is 9.51. The molecular formula is C32H31N7O3S. The lowest BCUT2D eigenvalue weighted by molar-refractivity contribution is 0.0691. The minimum Gasteiger partial charge on any atom is -0.476 e. The Morgan fingerprint density at radius 1 is 1.07 bits per heavy atom. The van der Waals surface area contributed by atoms with Crippen molar-refractivity contribution >= 4 is 44.5 Å². The van der Waals surface area contributed by atoms with Gasteiger partial charge in [-0.25, -0.2) is 19.7 Å². The predicted octanol–water partition coefficient (Wildman–Crippen LogP) is 5.96. The first-order valence-corrected chi connectivity index (χ1v) is 15.4. The normalized spacial score (nSPS) is 15.1. The van der Waals surface area contributed by atoms with Crippen molar-refractivity contribution in [1.82, 2.24) is 24.7 Å². The zero-order valence-electron chi connectivity index (χ0n) is 23.8. The summed E-state index contributed by atoms with van der Waals surface area (Å²) in [7, 11) is 0. The third-order valence-electron chi connectivity index (χ3n) is 8.61. The molecule has 11 heteroatoms. The number of benzene rings is 1. The first kappa shape index (κ1) is 27.2. The van der Waals surface area contributed by atoms with Gasteiger partial charge >= 0.3 is 5.97 Å². The fourth-order valence-electron chi connectivity index (χ4n) is 6.31. The van der Waals surface area contributed by atoms with Crippen molar-refractivity contribution in [1.29, 1.82) is 0 Å². The summed E-state index contributed by atoms with van der Waals surface area (Å²) in [5.41, 5.74) is 5.61. The van der Waals surface area contributed by atoms with E-state index in [2.05, 4.69) is 25.4 Å². The summed E-state index contributed by atoms with van der Waals surface area (Å²) in [6.07, 6.45) is 9.13. The molecule has 0 atom stereocenters. The number of nitrogens with one attached hydrogen (secondary N) is 1. The molecule has 1 aromatic carbocycles. The van der Waals surface area contributed by atoms with Crippen LogP contribution in [0.25, 0.3) is 21.5 Å². The van der Waals surface area contributed by atoms with Gasteiger partial charge in [-0.1, -0.05) is 36.3 Å². The average molecular weight is 594 g/mol. The van der Waals surface area contributed by atoms with Crippen molar-refractivity contribution in [2.45, 2.75) is 52.1 Å². The van der Waals surface area contributed by atoms with E-state index in [1.807, 2.05) is 59.0 Å². The number of carboxylic acid groups (broad SMARTS) is 1. The van der Waals surface area contributed by atoms with Crippen LogP contribution >= 0.6 is 11.3 Å². The monoisotopic (exact) mass is 593 g/mol. The Labute approximate surface area is 252 Å². The second-order valence-electron chi connectivity index (χ2n) is 11.3. The molecular weight excluding hydrogens is 562 g/mol. The zero-order chi connectivity index (χ0) is 29.5. The number of hydrogen-bond donors (Lipinski definition) is 2. The molecule has 0 radical (unpaired) electrons. The molecule has 1 aliphatic heterocycles. The van der Waals surface area contributed by atoms with Gasteiger partial charge in [0.25, 0.3) is 5.91 Å². The van der Waals surface area contributed by atoms with Crippen LogP contribution in [0, 0.1) is 12.8 Å². The summed E-state index contributed by atoms with van der Waals surface area (Å²) >= 11 is 1.33. The number of thiazole rings is 1. The molecule has 43 heavy (non-hydrogen) atoms. The van der Waals surface area contributed by atoms with Gasteiger partial charge in [0, 0.05) is 48.2 Å². The molecule has 2 aliphatic rings. The molecule has 1 fully saturated rings. The van der Waals surface area contributed by atoms with Gasteiger partial charge < -0.3 is 10.0 Å². The molecule has 0 bridgehead atoms. The molecule has 1 saturated carbocycles.